The van der Waals surface area contributed by atoms with Gasteiger partial charge in [0.15, 0.2) is 6.23 Å². The third-order valence-corrected chi connectivity index (χ3v) is 1.07. The van der Waals surface area contributed by atoms with Gasteiger partial charge in [0, 0.05) is 6.61 Å². The van der Waals surface area contributed by atoms with E-state index in [0.717, 1.165) is 0 Å². The maximum absolute atomic E-state index is 9.55. The van der Waals surface area contributed by atoms with E-state index in [1.54, 1.807) is 0 Å². The van der Waals surface area contributed by atoms with E-state index < -0.39 is 6.23 Å². The van der Waals surface area contributed by atoms with Crippen molar-refractivity contribution in [3.05, 3.63) is 0 Å². The van der Waals surface area contributed by atoms with Crippen LogP contribution in [0.15, 0.2) is 4.99 Å². The fourth-order valence-corrected chi connectivity index (χ4v) is 0.564. The largest absolute Gasteiger partial charge is 0.396 e. The van der Waals surface area contributed by atoms with E-state index in [9.17, 15) is 4.79 Å². The molecule has 0 fully saturated rings. The second-order valence-corrected chi connectivity index (χ2v) is 1.92. The topological polar surface area (TPSA) is 69.9 Å². The molecule has 0 radical (unpaired) electrons. The van der Waals surface area contributed by atoms with E-state index in [0.29, 0.717) is 19.3 Å². The quantitative estimate of drug-likeness (QED) is 0.320. The first-order chi connectivity index (χ1) is 4.81. The molecular weight excluding hydrogens is 134 g/mol. The van der Waals surface area contributed by atoms with Gasteiger partial charge >= 0.3 is 0 Å². The van der Waals surface area contributed by atoms with Crippen molar-refractivity contribution in [2.75, 3.05) is 6.61 Å². The average molecular weight is 145 g/mol. The standard InChI is InChI=1S/C6H11NO3/c8-4-2-1-3-6(10)7-5-9/h6,8,10H,1-4H2. The highest BCUT2D eigenvalue weighted by atomic mass is 16.3. The van der Waals surface area contributed by atoms with Crippen LogP contribution in [0.2, 0.25) is 0 Å². The minimum Gasteiger partial charge on any atom is -0.396 e. The molecule has 0 rings (SSSR count). The molecule has 0 aromatic heterocycles. The van der Waals surface area contributed by atoms with Gasteiger partial charge in [-0.2, -0.15) is 4.99 Å². The number of carbonyl (C=O) groups excluding carboxylic acids is 1. The molecule has 4 heteroatoms. The molecule has 2 N–H and O–H groups in total. The van der Waals surface area contributed by atoms with Gasteiger partial charge in [0.1, 0.15) is 0 Å². The first kappa shape index (κ1) is 9.30. The molecule has 0 amide bonds. The number of rotatable bonds is 5. The summed E-state index contributed by atoms with van der Waals surface area (Å²) in [5, 5.41) is 17.1. The Kier molecular flexibility index (Phi) is 5.97. The molecule has 0 heterocycles. The van der Waals surface area contributed by atoms with Gasteiger partial charge in [-0.1, -0.05) is 0 Å². The van der Waals surface area contributed by atoms with Crippen LogP contribution in [0, 0.1) is 0 Å². The number of nitrogens with zero attached hydrogens (tertiary/aromatic N) is 1. The zero-order valence-electron chi connectivity index (χ0n) is 5.66. The predicted molar refractivity (Wildman–Crippen MR) is 35.1 cm³/mol. The fraction of sp³-hybridized carbons (Fsp3) is 0.833. The molecule has 1 unspecified atom stereocenters. The highest BCUT2D eigenvalue weighted by Crippen LogP contribution is 1.99. The number of unbranched alkanes of at least 4 members (excludes halogenated alkanes) is 1. The van der Waals surface area contributed by atoms with Crippen molar-refractivity contribution >= 4 is 6.08 Å². The molecule has 0 aliphatic heterocycles. The average Bonchev–Trinajstić information content (AvgIpc) is 1.89. The first-order valence-electron chi connectivity index (χ1n) is 3.17. The molecule has 10 heavy (non-hydrogen) atoms. The van der Waals surface area contributed by atoms with Crippen molar-refractivity contribution in [1.82, 2.24) is 0 Å². The smallest absolute Gasteiger partial charge is 0.237 e. The number of aliphatic hydroxyl groups excluding tert-OH is 2. The van der Waals surface area contributed by atoms with Gasteiger partial charge < -0.3 is 10.2 Å². The van der Waals surface area contributed by atoms with Gasteiger partial charge in [-0.25, -0.2) is 4.79 Å². The van der Waals surface area contributed by atoms with E-state index in [1.165, 1.54) is 6.08 Å². The van der Waals surface area contributed by atoms with Gasteiger partial charge in [0.05, 0.1) is 0 Å². The third kappa shape index (κ3) is 5.44. The summed E-state index contributed by atoms with van der Waals surface area (Å²) in [6.07, 6.45) is 2.03. The van der Waals surface area contributed by atoms with E-state index >= 15 is 0 Å². The van der Waals surface area contributed by atoms with Crippen LogP contribution in [0.25, 0.3) is 0 Å². The van der Waals surface area contributed by atoms with Crippen LogP contribution < -0.4 is 0 Å². The Bertz CT molecular complexity index is 120. The fourth-order valence-electron chi connectivity index (χ4n) is 0.564. The Morgan fingerprint density at radius 3 is 2.70 bits per heavy atom. The second kappa shape index (κ2) is 6.42. The van der Waals surface area contributed by atoms with Gasteiger partial charge in [-0.05, 0) is 19.3 Å². The number of hydrogen-bond acceptors (Lipinski definition) is 4. The van der Waals surface area contributed by atoms with Crippen LogP contribution in [-0.2, 0) is 4.79 Å². The number of aliphatic hydroxyl groups is 2. The molecule has 0 saturated carbocycles. The van der Waals surface area contributed by atoms with Crippen molar-refractivity contribution < 1.29 is 15.0 Å². The summed E-state index contributed by atoms with van der Waals surface area (Å²) >= 11 is 0. The lowest BCUT2D eigenvalue weighted by atomic mass is 10.2. The molecule has 0 aliphatic rings. The lowest BCUT2D eigenvalue weighted by Crippen LogP contribution is -2.01. The number of hydrogen-bond donors (Lipinski definition) is 2. The highest BCUT2D eigenvalue weighted by molar-refractivity contribution is 5.33. The third-order valence-electron chi connectivity index (χ3n) is 1.07. The first-order valence-corrected chi connectivity index (χ1v) is 3.17. The number of aliphatic imine (C=N–C) groups is 1. The van der Waals surface area contributed by atoms with E-state index in [4.69, 9.17) is 10.2 Å². The van der Waals surface area contributed by atoms with Crippen LogP contribution in [0.3, 0.4) is 0 Å². The predicted octanol–water partition coefficient (Wildman–Crippen LogP) is -0.197. The molecular formula is C6H11NO3. The second-order valence-electron chi connectivity index (χ2n) is 1.92. The molecule has 0 saturated heterocycles. The summed E-state index contributed by atoms with van der Waals surface area (Å²) in [4.78, 5) is 12.6. The summed E-state index contributed by atoms with van der Waals surface area (Å²) in [5.41, 5.74) is 0. The van der Waals surface area contributed by atoms with Crippen LogP contribution in [0.1, 0.15) is 19.3 Å². The van der Waals surface area contributed by atoms with Crippen LogP contribution in [-0.4, -0.2) is 29.1 Å². The summed E-state index contributed by atoms with van der Waals surface area (Å²) in [7, 11) is 0. The van der Waals surface area contributed by atoms with Crippen LogP contribution >= 0.6 is 0 Å². The maximum atomic E-state index is 9.55. The minimum atomic E-state index is -0.941. The summed E-state index contributed by atoms with van der Waals surface area (Å²) < 4.78 is 0. The minimum absolute atomic E-state index is 0.109. The van der Waals surface area contributed by atoms with E-state index in [1.807, 2.05) is 0 Å². The molecule has 0 spiro atoms. The summed E-state index contributed by atoms with van der Waals surface area (Å²) in [6, 6.07) is 0. The highest BCUT2D eigenvalue weighted by Gasteiger charge is 1.98. The van der Waals surface area contributed by atoms with Crippen LogP contribution in [0.5, 0.6) is 0 Å². The molecule has 0 bridgehead atoms. The zero-order valence-corrected chi connectivity index (χ0v) is 5.66. The van der Waals surface area contributed by atoms with Crippen molar-refractivity contribution in [3.8, 4) is 0 Å². The molecule has 1 atom stereocenters. The van der Waals surface area contributed by atoms with Gasteiger partial charge in [-0.3, -0.25) is 0 Å². The van der Waals surface area contributed by atoms with E-state index in [2.05, 4.69) is 4.99 Å². The monoisotopic (exact) mass is 145 g/mol. The van der Waals surface area contributed by atoms with E-state index in [-0.39, 0.29) is 6.61 Å². The lowest BCUT2D eigenvalue weighted by molar-refractivity contribution is 0.166. The summed E-state index contributed by atoms with van der Waals surface area (Å²) in [5.74, 6) is 0. The molecule has 0 aliphatic carbocycles. The Hall–Kier alpha value is -0.700. The van der Waals surface area contributed by atoms with Crippen molar-refractivity contribution in [1.29, 1.82) is 0 Å². The van der Waals surface area contributed by atoms with Gasteiger partial charge in [0.2, 0.25) is 6.08 Å². The SMILES string of the molecule is O=C=NC(O)CCCCO. The normalized spacial score (nSPS) is 12.2. The van der Waals surface area contributed by atoms with Crippen LogP contribution in [0.4, 0.5) is 0 Å². The van der Waals surface area contributed by atoms with Crippen molar-refractivity contribution in [2.24, 2.45) is 4.99 Å². The van der Waals surface area contributed by atoms with Gasteiger partial charge in [0.25, 0.3) is 0 Å². The molecule has 58 valence electrons. The summed E-state index contributed by atoms with van der Waals surface area (Å²) in [6.45, 7) is 0.109. The maximum Gasteiger partial charge on any atom is 0.237 e. The van der Waals surface area contributed by atoms with Crippen molar-refractivity contribution in [2.45, 2.75) is 25.5 Å². The Balaban J connectivity index is 3.21. The number of isocyanates is 1. The Morgan fingerprint density at radius 1 is 1.50 bits per heavy atom. The lowest BCUT2D eigenvalue weighted by Gasteiger charge is -1.99. The zero-order chi connectivity index (χ0) is 7.82. The molecule has 0 aromatic rings. The molecule has 4 nitrogen and oxygen atoms in total. The van der Waals surface area contributed by atoms with Crippen molar-refractivity contribution in [3.63, 3.8) is 0 Å². The Labute approximate surface area is 59.2 Å². The van der Waals surface area contributed by atoms with Gasteiger partial charge in [-0.15, -0.1) is 0 Å². The molecule has 0 aromatic carbocycles. The Morgan fingerprint density at radius 2 is 2.20 bits per heavy atom.